The second kappa shape index (κ2) is 10.7. The van der Waals surface area contributed by atoms with Crippen LogP contribution in [-0.2, 0) is 11.2 Å². The van der Waals surface area contributed by atoms with Crippen molar-refractivity contribution >= 4 is 46.6 Å². The molecule has 3 rings (SSSR count). The third-order valence-electron chi connectivity index (χ3n) is 6.05. The van der Waals surface area contributed by atoms with E-state index in [9.17, 15) is 9.90 Å². The minimum atomic E-state index is -1.69. The number of hydrogen-bond acceptors (Lipinski definition) is 4. The molecular formula is C25H30Cl3NO4. The lowest BCUT2D eigenvalue weighted by atomic mass is 9.84. The maximum absolute atomic E-state index is 12.5. The number of nitrogens with one attached hydrogen (secondary N) is 1. The van der Waals surface area contributed by atoms with Crippen molar-refractivity contribution in [3.05, 3.63) is 57.6 Å². The van der Waals surface area contributed by atoms with E-state index in [1.165, 1.54) is 5.56 Å². The van der Waals surface area contributed by atoms with E-state index in [1.54, 1.807) is 0 Å². The van der Waals surface area contributed by atoms with Gasteiger partial charge >= 0.3 is 6.09 Å². The van der Waals surface area contributed by atoms with Crippen molar-refractivity contribution in [1.82, 2.24) is 0 Å². The van der Waals surface area contributed by atoms with Crippen LogP contribution in [0.15, 0.2) is 24.3 Å². The first-order valence-corrected chi connectivity index (χ1v) is 12.2. The molecule has 0 saturated heterocycles. The Bertz CT molecular complexity index is 1000. The number of halogens is 3. The molecule has 0 spiro atoms. The lowest BCUT2D eigenvalue weighted by Gasteiger charge is -2.22. The van der Waals surface area contributed by atoms with Crippen molar-refractivity contribution in [1.29, 1.82) is 0 Å². The van der Waals surface area contributed by atoms with Gasteiger partial charge < -0.3 is 14.6 Å². The first kappa shape index (κ1) is 26.0. The number of amides is 1. The third kappa shape index (κ3) is 6.07. The highest BCUT2D eigenvalue weighted by Crippen LogP contribution is 2.47. The summed E-state index contributed by atoms with van der Waals surface area (Å²) in [5.74, 6) is 1.33. The number of ether oxygens (including phenoxy) is 2. The fraction of sp³-hybridized carbons (Fsp3) is 0.480. The summed E-state index contributed by atoms with van der Waals surface area (Å²) < 4.78 is 9.61. The monoisotopic (exact) mass is 513 g/mol. The predicted octanol–water partition coefficient (Wildman–Crippen LogP) is 6.79. The summed E-state index contributed by atoms with van der Waals surface area (Å²) in [6.45, 7) is 8.46. The zero-order valence-corrected chi connectivity index (χ0v) is 21.6. The van der Waals surface area contributed by atoms with E-state index in [1.807, 2.05) is 13.8 Å². The van der Waals surface area contributed by atoms with Crippen molar-refractivity contribution in [3.8, 4) is 5.75 Å². The van der Waals surface area contributed by atoms with Crippen LogP contribution in [0, 0.1) is 13.8 Å². The number of anilines is 1. The molecule has 2 aromatic carbocycles. The van der Waals surface area contributed by atoms with Gasteiger partial charge in [0.1, 0.15) is 12.4 Å². The first-order valence-electron chi connectivity index (χ1n) is 11.0. The van der Waals surface area contributed by atoms with Crippen LogP contribution in [0.1, 0.15) is 65.5 Å². The van der Waals surface area contributed by atoms with Gasteiger partial charge in [0, 0.05) is 18.1 Å². The second-order valence-electron chi connectivity index (χ2n) is 8.67. The second-order valence-corrected chi connectivity index (χ2v) is 11.2. The highest BCUT2D eigenvalue weighted by atomic mass is 35.6. The van der Waals surface area contributed by atoms with Crippen molar-refractivity contribution in [2.45, 2.75) is 56.2 Å². The van der Waals surface area contributed by atoms with Gasteiger partial charge in [-0.3, -0.25) is 5.32 Å². The van der Waals surface area contributed by atoms with Crippen LogP contribution in [0.5, 0.6) is 5.75 Å². The van der Waals surface area contributed by atoms with Gasteiger partial charge in [-0.15, -0.1) is 0 Å². The first-order chi connectivity index (χ1) is 15.5. The van der Waals surface area contributed by atoms with Crippen molar-refractivity contribution in [3.63, 3.8) is 0 Å². The standard InChI is InChI=1S/C25H30Cl3NO4/c1-14(2)17-7-9-18(10-8-17)20-12-32-23-19(6-5-11-30)15(3)22(16(4)21(20)23)29-24(31)33-13-25(26,27)28/h7-10,14,20,30H,5-6,11-13H2,1-4H3,(H,29,31). The van der Waals surface area contributed by atoms with Gasteiger partial charge in [-0.1, -0.05) is 72.9 Å². The molecule has 0 aromatic heterocycles. The summed E-state index contributed by atoms with van der Waals surface area (Å²) in [5.41, 5.74) is 6.90. The van der Waals surface area contributed by atoms with Gasteiger partial charge in [0.15, 0.2) is 0 Å². The van der Waals surface area contributed by atoms with E-state index in [-0.39, 0.29) is 19.1 Å². The Morgan fingerprint density at radius 1 is 1.21 bits per heavy atom. The third-order valence-corrected chi connectivity index (χ3v) is 6.38. The number of aliphatic hydroxyl groups is 1. The maximum atomic E-state index is 12.5. The summed E-state index contributed by atoms with van der Waals surface area (Å²) >= 11 is 17.1. The molecule has 0 bridgehead atoms. The normalized spacial score (nSPS) is 15.4. The van der Waals surface area contributed by atoms with Gasteiger partial charge in [-0.2, -0.15) is 0 Å². The molecule has 0 saturated carbocycles. The van der Waals surface area contributed by atoms with Gasteiger partial charge in [-0.25, -0.2) is 4.79 Å². The van der Waals surface area contributed by atoms with E-state index in [4.69, 9.17) is 44.3 Å². The predicted molar refractivity (Wildman–Crippen MR) is 134 cm³/mol. The summed E-state index contributed by atoms with van der Waals surface area (Å²) in [6, 6.07) is 8.60. The number of carbonyl (C=O) groups excluding carboxylic acids is 1. The van der Waals surface area contributed by atoms with Crippen LogP contribution in [0.3, 0.4) is 0 Å². The number of benzene rings is 2. The Balaban J connectivity index is 2.01. The molecule has 0 radical (unpaired) electrons. The smallest absolute Gasteiger partial charge is 0.411 e. The lowest BCUT2D eigenvalue weighted by Crippen LogP contribution is -2.22. The number of aliphatic hydroxyl groups excluding tert-OH is 1. The SMILES string of the molecule is Cc1c(CCCO)c2c(c(C)c1NC(=O)OCC(Cl)(Cl)Cl)C(c1ccc(C(C)C)cc1)CO2. The van der Waals surface area contributed by atoms with Crippen LogP contribution in [0.25, 0.3) is 0 Å². The summed E-state index contributed by atoms with van der Waals surface area (Å²) in [6.07, 6.45) is 0.518. The Hall–Kier alpha value is -1.66. The van der Waals surface area contributed by atoms with Gasteiger partial charge in [0.05, 0.1) is 12.3 Å². The van der Waals surface area contributed by atoms with E-state index >= 15 is 0 Å². The number of hydrogen-bond donors (Lipinski definition) is 2. The molecule has 180 valence electrons. The molecule has 1 unspecified atom stereocenters. The van der Waals surface area contributed by atoms with Gasteiger partial charge in [0.25, 0.3) is 0 Å². The van der Waals surface area contributed by atoms with Crippen molar-refractivity contribution in [2.24, 2.45) is 0 Å². The molecule has 1 amide bonds. The van der Waals surface area contributed by atoms with E-state index in [0.717, 1.165) is 33.6 Å². The Kier molecular flexibility index (Phi) is 8.44. The molecule has 0 fully saturated rings. The maximum Gasteiger partial charge on any atom is 0.411 e. The zero-order valence-electron chi connectivity index (χ0n) is 19.3. The Labute approximate surface area is 210 Å². The van der Waals surface area contributed by atoms with Crippen LogP contribution < -0.4 is 10.1 Å². The van der Waals surface area contributed by atoms with Gasteiger partial charge in [0.2, 0.25) is 3.79 Å². The minimum absolute atomic E-state index is 0.0347. The van der Waals surface area contributed by atoms with Crippen molar-refractivity contribution in [2.75, 3.05) is 25.1 Å². The Morgan fingerprint density at radius 3 is 2.45 bits per heavy atom. The number of fused-ring (bicyclic) bond motifs is 1. The zero-order chi connectivity index (χ0) is 24.3. The van der Waals surface area contributed by atoms with Gasteiger partial charge in [-0.05, 0) is 60.4 Å². The molecule has 1 aliphatic rings. The summed E-state index contributed by atoms with van der Waals surface area (Å²) in [4.78, 5) is 12.5. The average molecular weight is 515 g/mol. The number of rotatable bonds is 7. The molecular weight excluding hydrogens is 485 g/mol. The van der Waals surface area contributed by atoms with E-state index < -0.39 is 9.89 Å². The quantitative estimate of drug-likeness (QED) is 0.399. The fourth-order valence-electron chi connectivity index (χ4n) is 4.31. The molecule has 5 nitrogen and oxygen atoms in total. The molecule has 1 heterocycles. The minimum Gasteiger partial charge on any atom is -0.492 e. The number of alkyl halides is 3. The molecule has 1 atom stereocenters. The molecule has 33 heavy (non-hydrogen) atoms. The van der Waals surface area contributed by atoms with Crippen molar-refractivity contribution < 1.29 is 19.4 Å². The summed E-state index contributed by atoms with van der Waals surface area (Å²) in [5, 5.41) is 12.3. The molecule has 2 N–H and O–H groups in total. The highest BCUT2D eigenvalue weighted by Gasteiger charge is 2.33. The fourth-order valence-corrected chi connectivity index (χ4v) is 4.47. The molecule has 8 heteroatoms. The Morgan fingerprint density at radius 2 is 1.88 bits per heavy atom. The largest absolute Gasteiger partial charge is 0.492 e. The molecule has 2 aromatic rings. The van der Waals surface area contributed by atoms with Crippen LogP contribution >= 0.6 is 34.8 Å². The lowest BCUT2D eigenvalue weighted by molar-refractivity contribution is 0.164. The average Bonchev–Trinajstić information content (AvgIpc) is 3.20. The summed E-state index contributed by atoms with van der Waals surface area (Å²) in [7, 11) is 0. The molecule has 1 aliphatic heterocycles. The number of carbonyl (C=O) groups is 1. The van der Waals surface area contributed by atoms with Crippen LogP contribution in [0.4, 0.5) is 10.5 Å². The van der Waals surface area contributed by atoms with Crippen LogP contribution in [-0.4, -0.2) is 34.8 Å². The molecule has 0 aliphatic carbocycles. The van der Waals surface area contributed by atoms with E-state index in [0.29, 0.717) is 31.1 Å². The van der Waals surface area contributed by atoms with E-state index in [2.05, 4.69) is 43.4 Å². The highest BCUT2D eigenvalue weighted by molar-refractivity contribution is 6.67. The van der Waals surface area contributed by atoms with Crippen LogP contribution in [0.2, 0.25) is 0 Å². The topological polar surface area (TPSA) is 67.8 Å².